The summed E-state index contributed by atoms with van der Waals surface area (Å²) in [6, 6.07) is 0. The van der Waals surface area contributed by atoms with E-state index in [-0.39, 0.29) is 31.4 Å². The summed E-state index contributed by atoms with van der Waals surface area (Å²) in [4.78, 5) is 3.96. The Hall–Kier alpha value is -0.840. The van der Waals surface area contributed by atoms with Gasteiger partial charge in [0.25, 0.3) is 0 Å². The molecular formula is C9H14ClNO3. The quantitative estimate of drug-likeness (QED) is 0.702. The Kier molecular flexibility index (Phi) is 5.45. The van der Waals surface area contributed by atoms with E-state index in [2.05, 4.69) is 4.98 Å². The Balaban J connectivity index is 0.00000169. The minimum Gasteiger partial charge on any atom is -0.506 e. The standard InChI is InChI=1S/C9H13NO3.ClH/c1-2-8-9(13)7(5-12)6(4-11)3-10-8;/h3,11-13H,2,4-5H2,1H3;1H. The minimum absolute atomic E-state index is 0. The molecule has 1 aromatic heterocycles. The zero-order chi connectivity index (χ0) is 9.84. The van der Waals surface area contributed by atoms with Crippen molar-refractivity contribution < 1.29 is 15.3 Å². The Morgan fingerprint density at radius 2 is 1.93 bits per heavy atom. The molecule has 0 atom stereocenters. The Morgan fingerprint density at radius 3 is 2.36 bits per heavy atom. The fourth-order valence-corrected chi connectivity index (χ4v) is 1.19. The summed E-state index contributed by atoms with van der Waals surface area (Å²) in [5.74, 6) is -0.00319. The summed E-state index contributed by atoms with van der Waals surface area (Å²) < 4.78 is 0. The van der Waals surface area contributed by atoms with Crippen LogP contribution in [0.1, 0.15) is 23.7 Å². The van der Waals surface area contributed by atoms with Crippen LogP contribution in [-0.4, -0.2) is 20.3 Å². The summed E-state index contributed by atoms with van der Waals surface area (Å²) in [7, 11) is 0. The van der Waals surface area contributed by atoms with E-state index in [0.29, 0.717) is 23.2 Å². The molecule has 4 nitrogen and oxygen atoms in total. The van der Waals surface area contributed by atoms with Gasteiger partial charge >= 0.3 is 0 Å². The van der Waals surface area contributed by atoms with Crippen LogP contribution in [0.3, 0.4) is 0 Å². The number of nitrogens with zero attached hydrogens (tertiary/aromatic N) is 1. The molecule has 3 N–H and O–H groups in total. The van der Waals surface area contributed by atoms with Crippen molar-refractivity contribution in [2.45, 2.75) is 26.6 Å². The van der Waals surface area contributed by atoms with Gasteiger partial charge in [-0.2, -0.15) is 0 Å². The van der Waals surface area contributed by atoms with Gasteiger partial charge in [0.15, 0.2) is 0 Å². The van der Waals surface area contributed by atoms with E-state index in [9.17, 15) is 5.11 Å². The van der Waals surface area contributed by atoms with Gasteiger partial charge in [0.1, 0.15) is 5.75 Å². The summed E-state index contributed by atoms with van der Waals surface area (Å²) >= 11 is 0. The van der Waals surface area contributed by atoms with Gasteiger partial charge in [-0.05, 0) is 6.42 Å². The van der Waals surface area contributed by atoms with Gasteiger partial charge in [-0.1, -0.05) is 6.92 Å². The fraction of sp³-hybridized carbons (Fsp3) is 0.444. The second-order valence-electron chi connectivity index (χ2n) is 2.73. The second kappa shape index (κ2) is 5.80. The highest BCUT2D eigenvalue weighted by Crippen LogP contribution is 2.24. The maximum Gasteiger partial charge on any atom is 0.142 e. The molecule has 5 heteroatoms. The monoisotopic (exact) mass is 219 g/mol. The van der Waals surface area contributed by atoms with E-state index < -0.39 is 0 Å². The van der Waals surface area contributed by atoms with Crippen molar-refractivity contribution in [3.05, 3.63) is 23.0 Å². The third-order valence-corrected chi connectivity index (χ3v) is 1.99. The lowest BCUT2D eigenvalue weighted by atomic mass is 10.1. The van der Waals surface area contributed by atoms with Crippen molar-refractivity contribution in [2.75, 3.05) is 0 Å². The zero-order valence-corrected chi connectivity index (χ0v) is 8.71. The van der Waals surface area contributed by atoms with E-state index in [1.54, 1.807) is 0 Å². The molecule has 0 radical (unpaired) electrons. The number of pyridine rings is 1. The third-order valence-electron chi connectivity index (χ3n) is 1.99. The van der Waals surface area contributed by atoms with Crippen LogP contribution in [-0.2, 0) is 19.6 Å². The van der Waals surface area contributed by atoms with Crippen LogP contribution in [0.4, 0.5) is 0 Å². The molecule has 0 unspecified atom stereocenters. The van der Waals surface area contributed by atoms with Crippen molar-refractivity contribution in [3.63, 3.8) is 0 Å². The largest absolute Gasteiger partial charge is 0.506 e. The fourth-order valence-electron chi connectivity index (χ4n) is 1.19. The van der Waals surface area contributed by atoms with Gasteiger partial charge in [-0.15, -0.1) is 12.4 Å². The first kappa shape index (κ1) is 13.2. The number of halogens is 1. The molecule has 0 aliphatic heterocycles. The molecule has 0 saturated heterocycles. The van der Waals surface area contributed by atoms with Crippen LogP contribution in [0.5, 0.6) is 5.75 Å². The van der Waals surface area contributed by atoms with Gasteiger partial charge in [0.05, 0.1) is 18.9 Å². The van der Waals surface area contributed by atoms with E-state index in [1.807, 2.05) is 6.92 Å². The first-order valence-electron chi connectivity index (χ1n) is 4.14. The summed E-state index contributed by atoms with van der Waals surface area (Å²) in [6.45, 7) is 1.36. The highest BCUT2D eigenvalue weighted by molar-refractivity contribution is 5.85. The molecule has 0 amide bonds. The number of aromatic hydroxyl groups is 1. The molecule has 0 aromatic carbocycles. The zero-order valence-electron chi connectivity index (χ0n) is 7.90. The summed E-state index contributed by atoms with van der Waals surface area (Å²) in [5, 5.41) is 27.4. The van der Waals surface area contributed by atoms with Gasteiger partial charge in [-0.25, -0.2) is 0 Å². The number of hydrogen-bond donors (Lipinski definition) is 3. The predicted octanol–water partition coefficient (Wildman–Crippen LogP) is 0.756. The van der Waals surface area contributed by atoms with E-state index >= 15 is 0 Å². The maximum atomic E-state index is 9.57. The molecule has 0 fully saturated rings. The highest BCUT2D eigenvalue weighted by Gasteiger charge is 2.10. The number of aliphatic hydroxyl groups excluding tert-OH is 2. The van der Waals surface area contributed by atoms with Crippen LogP contribution in [0.2, 0.25) is 0 Å². The van der Waals surface area contributed by atoms with Crippen molar-refractivity contribution in [2.24, 2.45) is 0 Å². The predicted molar refractivity (Wildman–Crippen MR) is 54.4 cm³/mol. The average molecular weight is 220 g/mol. The minimum atomic E-state index is -0.281. The number of hydrogen-bond acceptors (Lipinski definition) is 4. The number of aryl methyl sites for hydroxylation is 1. The van der Waals surface area contributed by atoms with Crippen molar-refractivity contribution in [1.29, 1.82) is 0 Å². The lowest BCUT2D eigenvalue weighted by molar-refractivity contribution is 0.254. The molecule has 1 heterocycles. The van der Waals surface area contributed by atoms with Crippen LogP contribution >= 0.6 is 12.4 Å². The van der Waals surface area contributed by atoms with Crippen LogP contribution in [0.25, 0.3) is 0 Å². The first-order valence-corrected chi connectivity index (χ1v) is 4.14. The van der Waals surface area contributed by atoms with Crippen LogP contribution in [0, 0.1) is 0 Å². The first-order chi connectivity index (χ1) is 6.24. The topological polar surface area (TPSA) is 73.6 Å². The van der Waals surface area contributed by atoms with Crippen molar-refractivity contribution in [1.82, 2.24) is 4.98 Å². The van der Waals surface area contributed by atoms with Crippen LogP contribution < -0.4 is 0 Å². The van der Waals surface area contributed by atoms with E-state index in [4.69, 9.17) is 10.2 Å². The van der Waals surface area contributed by atoms with E-state index in [1.165, 1.54) is 6.20 Å². The molecule has 0 saturated carbocycles. The molecule has 0 spiro atoms. The Labute approximate surface area is 88.6 Å². The smallest absolute Gasteiger partial charge is 0.142 e. The van der Waals surface area contributed by atoms with Gasteiger partial charge in [0.2, 0.25) is 0 Å². The van der Waals surface area contributed by atoms with Crippen molar-refractivity contribution >= 4 is 12.4 Å². The SMILES string of the molecule is CCc1ncc(CO)c(CO)c1O.Cl. The Bertz CT molecular complexity index is 304. The molecule has 0 aliphatic rings. The van der Waals surface area contributed by atoms with Crippen LogP contribution in [0.15, 0.2) is 6.20 Å². The molecule has 1 rings (SSSR count). The maximum absolute atomic E-state index is 9.57. The number of rotatable bonds is 3. The summed E-state index contributed by atoms with van der Waals surface area (Å²) in [6.07, 6.45) is 2.08. The second-order valence-corrected chi connectivity index (χ2v) is 2.73. The summed E-state index contributed by atoms with van der Waals surface area (Å²) in [5.41, 5.74) is 1.38. The average Bonchev–Trinajstić information content (AvgIpc) is 2.17. The molecule has 0 aliphatic carbocycles. The lowest BCUT2D eigenvalue weighted by Crippen LogP contribution is -2.00. The van der Waals surface area contributed by atoms with E-state index in [0.717, 1.165) is 0 Å². The molecule has 1 aromatic rings. The molecule has 0 bridgehead atoms. The Morgan fingerprint density at radius 1 is 1.29 bits per heavy atom. The number of aliphatic hydroxyl groups is 2. The van der Waals surface area contributed by atoms with Crippen molar-refractivity contribution in [3.8, 4) is 5.75 Å². The third kappa shape index (κ3) is 2.35. The molecular weight excluding hydrogens is 206 g/mol. The highest BCUT2D eigenvalue weighted by atomic mass is 35.5. The normalized spacial score (nSPS) is 9.64. The number of aromatic nitrogens is 1. The molecule has 14 heavy (non-hydrogen) atoms. The van der Waals surface area contributed by atoms with Gasteiger partial charge < -0.3 is 15.3 Å². The van der Waals surface area contributed by atoms with Gasteiger partial charge in [0, 0.05) is 17.3 Å². The van der Waals surface area contributed by atoms with Gasteiger partial charge in [-0.3, -0.25) is 4.98 Å². The molecule has 80 valence electrons. The lowest BCUT2D eigenvalue weighted by Gasteiger charge is -2.09.